The molecule has 1 rings (SSSR count). The number of hydrogen-bond donors (Lipinski definition) is 1. The summed E-state index contributed by atoms with van der Waals surface area (Å²) in [7, 11) is 1.27. The Morgan fingerprint density at radius 1 is 1.48 bits per heavy atom. The molecule has 0 heterocycles. The Morgan fingerprint density at radius 2 is 2.14 bits per heavy atom. The maximum atomic E-state index is 12.2. The van der Waals surface area contributed by atoms with Crippen LogP contribution >= 0.6 is 0 Å². The summed E-state index contributed by atoms with van der Waals surface area (Å²) in [5.41, 5.74) is 7.21. The minimum absolute atomic E-state index is 0.259. The van der Waals surface area contributed by atoms with E-state index in [-0.39, 0.29) is 16.8 Å². The number of aliphatic imine (C=N–C) groups is 1. The molecular weight excluding hydrogens is 278 g/mol. The molecule has 0 bridgehead atoms. The second-order valence-electron chi connectivity index (χ2n) is 4.20. The average molecular weight is 294 g/mol. The molecular formula is C15H16F2N2O2. The minimum atomic E-state index is -2.60. The second-order valence-corrected chi connectivity index (χ2v) is 4.20. The molecule has 1 aromatic carbocycles. The van der Waals surface area contributed by atoms with Crippen LogP contribution in [0.5, 0.6) is 0 Å². The van der Waals surface area contributed by atoms with Crippen LogP contribution in [0.1, 0.15) is 22.8 Å². The number of rotatable bonds is 5. The summed E-state index contributed by atoms with van der Waals surface area (Å²) >= 11 is 0. The van der Waals surface area contributed by atoms with Gasteiger partial charge in [0.15, 0.2) is 0 Å². The first-order valence-electron chi connectivity index (χ1n) is 6.03. The fourth-order valence-electron chi connectivity index (χ4n) is 1.48. The zero-order valence-corrected chi connectivity index (χ0v) is 11.8. The van der Waals surface area contributed by atoms with Gasteiger partial charge in [-0.2, -0.15) is 0 Å². The Labute approximate surface area is 121 Å². The number of esters is 1. The lowest BCUT2D eigenvalue weighted by Gasteiger charge is -2.06. The van der Waals surface area contributed by atoms with E-state index in [2.05, 4.69) is 16.3 Å². The highest BCUT2D eigenvalue weighted by atomic mass is 19.3. The van der Waals surface area contributed by atoms with Crippen molar-refractivity contribution in [2.24, 2.45) is 4.99 Å². The standard InChI is InChI=1S/C15H16F2N2O2/c1-9(14(16)17)6-7-19-10(2)11-4-5-12(13(18)8-11)15(20)21-3/h4-8,14H,1,18H2,2-3H3/b7-6-,19-10?. The molecule has 0 aromatic heterocycles. The third-order valence-electron chi connectivity index (χ3n) is 2.71. The normalized spacial score (nSPS) is 12.0. The number of nitrogens with zero attached hydrogens (tertiary/aromatic N) is 1. The van der Waals surface area contributed by atoms with E-state index < -0.39 is 12.4 Å². The molecule has 6 heteroatoms. The molecule has 0 aliphatic carbocycles. The summed E-state index contributed by atoms with van der Waals surface area (Å²) in [5.74, 6) is -0.526. The van der Waals surface area contributed by atoms with Gasteiger partial charge in [0.05, 0.1) is 12.7 Å². The molecule has 0 radical (unpaired) electrons. The molecule has 0 unspecified atom stereocenters. The SMILES string of the molecule is C=C(/C=C\N=C(C)c1ccc(C(=O)OC)c(N)c1)C(F)F. The van der Waals surface area contributed by atoms with Crippen LogP contribution in [0.2, 0.25) is 0 Å². The summed E-state index contributed by atoms with van der Waals surface area (Å²) in [4.78, 5) is 15.4. The first-order valence-corrected chi connectivity index (χ1v) is 6.03. The quantitative estimate of drug-likeness (QED) is 0.392. The van der Waals surface area contributed by atoms with Crippen molar-refractivity contribution < 1.29 is 18.3 Å². The summed E-state index contributed by atoms with van der Waals surface area (Å²) in [5, 5.41) is 0. The lowest BCUT2D eigenvalue weighted by atomic mass is 10.1. The Balaban J connectivity index is 2.93. The van der Waals surface area contributed by atoms with Gasteiger partial charge in [0.1, 0.15) is 0 Å². The van der Waals surface area contributed by atoms with Gasteiger partial charge in [0.25, 0.3) is 6.43 Å². The predicted octanol–water partition coefficient (Wildman–Crippen LogP) is 3.20. The second kappa shape index (κ2) is 7.33. The average Bonchev–Trinajstić information content (AvgIpc) is 2.45. The highest BCUT2D eigenvalue weighted by molar-refractivity contribution is 6.02. The van der Waals surface area contributed by atoms with Gasteiger partial charge in [-0.15, -0.1) is 0 Å². The van der Waals surface area contributed by atoms with E-state index in [1.807, 2.05) is 0 Å². The van der Waals surface area contributed by atoms with Crippen molar-refractivity contribution in [1.29, 1.82) is 0 Å². The van der Waals surface area contributed by atoms with Gasteiger partial charge >= 0.3 is 5.97 Å². The molecule has 0 aliphatic heterocycles. The largest absolute Gasteiger partial charge is 0.465 e. The summed E-state index contributed by atoms with van der Waals surface area (Å²) in [6.07, 6.45) is -0.221. The summed E-state index contributed by atoms with van der Waals surface area (Å²) in [6, 6.07) is 4.75. The zero-order chi connectivity index (χ0) is 16.0. The Morgan fingerprint density at radius 3 is 2.67 bits per heavy atom. The van der Waals surface area contributed by atoms with Crippen LogP contribution in [0.4, 0.5) is 14.5 Å². The summed E-state index contributed by atoms with van der Waals surface area (Å²) < 4.78 is 29.0. The van der Waals surface area contributed by atoms with Crippen LogP contribution in [-0.4, -0.2) is 25.2 Å². The number of ether oxygens (including phenoxy) is 1. The van der Waals surface area contributed by atoms with Crippen molar-refractivity contribution in [3.8, 4) is 0 Å². The molecule has 0 aliphatic rings. The number of benzene rings is 1. The number of hydrogen-bond acceptors (Lipinski definition) is 4. The van der Waals surface area contributed by atoms with E-state index in [4.69, 9.17) is 5.73 Å². The van der Waals surface area contributed by atoms with Gasteiger partial charge in [-0.25, -0.2) is 13.6 Å². The van der Waals surface area contributed by atoms with Crippen LogP contribution in [0.3, 0.4) is 0 Å². The minimum Gasteiger partial charge on any atom is -0.465 e. The number of allylic oxidation sites excluding steroid dienone is 2. The number of alkyl halides is 2. The Kier molecular flexibility index (Phi) is 5.78. The van der Waals surface area contributed by atoms with Gasteiger partial charge in [-0.05, 0) is 30.7 Å². The number of methoxy groups -OCH3 is 1. The van der Waals surface area contributed by atoms with E-state index in [1.165, 1.54) is 19.4 Å². The molecule has 0 saturated carbocycles. The van der Waals surface area contributed by atoms with Crippen LogP contribution in [0.15, 0.2) is 47.6 Å². The van der Waals surface area contributed by atoms with Crippen molar-refractivity contribution >= 4 is 17.4 Å². The van der Waals surface area contributed by atoms with Crippen molar-refractivity contribution in [2.75, 3.05) is 12.8 Å². The fourth-order valence-corrected chi connectivity index (χ4v) is 1.48. The van der Waals surface area contributed by atoms with Crippen LogP contribution in [0, 0.1) is 0 Å². The van der Waals surface area contributed by atoms with Crippen molar-refractivity contribution in [2.45, 2.75) is 13.3 Å². The number of nitrogen functional groups attached to an aromatic ring is 1. The van der Waals surface area contributed by atoms with Crippen molar-refractivity contribution in [3.05, 3.63) is 53.8 Å². The Bertz CT molecular complexity index is 608. The number of anilines is 1. The third-order valence-corrected chi connectivity index (χ3v) is 2.71. The van der Waals surface area contributed by atoms with Gasteiger partial charge in [0.2, 0.25) is 0 Å². The monoisotopic (exact) mass is 294 g/mol. The van der Waals surface area contributed by atoms with Crippen molar-refractivity contribution in [1.82, 2.24) is 0 Å². The van der Waals surface area contributed by atoms with E-state index in [9.17, 15) is 13.6 Å². The van der Waals surface area contributed by atoms with Crippen LogP contribution in [-0.2, 0) is 4.74 Å². The zero-order valence-electron chi connectivity index (χ0n) is 11.8. The number of nitrogens with two attached hydrogens (primary N) is 1. The summed E-state index contributed by atoms with van der Waals surface area (Å²) in [6.45, 7) is 4.90. The maximum absolute atomic E-state index is 12.2. The number of halogens is 2. The lowest BCUT2D eigenvalue weighted by Crippen LogP contribution is -2.07. The smallest absolute Gasteiger partial charge is 0.339 e. The van der Waals surface area contributed by atoms with Crippen LogP contribution < -0.4 is 5.73 Å². The first kappa shape index (κ1) is 16.6. The molecule has 0 saturated heterocycles. The first-order chi connectivity index (χ1) is 9.86. The molecule has 0 atom stereocenters. The van der Waals surface area contributed by atoms with Gasteiger partial charge in [-0.3, -0.25) is 4.99 Å². The highest BCUT2D eigenvalue weighted by Gasteiger charge is 2.10. The molecule has 21 heavy (non-hydrogen) atoms. The van der Waals surface area contributed by atoms with Gasteiger partial charge in [-0.1, -0.05) is 12.6 Å². The molecule has 2 N–H and O–H groups in total. The molecule has 0 amide bonds. The van der Waals surface area contributed by atoms with Gasteiger partial charge in [0, 0.05) is 23.2 Å². The van der Waals surface area contributed by atoms with Crippen molar-refractivity contribution in [3.63, 3.8) is 0 Å². The van der Waals surface area contributed by atoms with Crippen LogP contribution in [0.25, 0.3) is 0 Å². The third kappa shape index (κ3) is 4.52. The molecule has 112 valence electrons. The topological polar surface area (TPSA) is 64.7 Å². The molecule has 0 fully saturated rings. The highest BCUT2D eigenvalue weighted by Crippen LogP contribution is 2.16. The molecule has 0 spiro atoms. The number of carbonyl (C=O) groups excluding carboxylic acids is 1. The molecule has 1 aromatic rings. The van der Waals surface area contributed by atoms with E-state index in [1.54, 1.807) is 19.1 Å². The molecule has 4 nitrogen and oxygen atoms in total. The lowest BCUT2D eigenvalue weighted by molar-refractivity contribution is 0.0602. The van der Waals surface area contributed by atoms with E-state index in [0.717, 1.165) is 6.08 Å². The van der Waals surface area contributed by atoms with Gasteiger partial charge < -0.3 is 10.5 Å². The van der Waals surface area contributed by atoms with E-state index >= 15 is 0 Å². The predicted molar refractivity (Wildman–Crippen MR) is 78.7 cm³/mol. The van der Waals surface area contributed by atoms with E-state index in [0.29, 0.717) is 11.3 Å². The number of carbonyl (C=O) groups is 1. The Hall–Kier alpha value is -2.50. The fraction of sp³-hybridized carbons (Fsp3) is 0.200. The maximum Gasteiger partial charge on any atom is 0.339 e.